The second-order valence-corrected chi connectivity index (χ2v) is 4.34. The second kappa shape index (κ2) is 5.56. The summed E-state index contributed by atoms with van der Waals surface area (Å²) in [6, 6.07) is 0. The molecular formula is C10H18ClNO2. The molecular weight excluding hydrogens is 202 g/mol. The van der Waals surface area contributed by atoms with Gasteiger partial charge in [0.15, 0.2) is 0 Å². The van der Waals surface area contributed by atoms with Crippen LogP contribution in [0.1, 0.15) is 26.2 Å². The molecule has 1 fully saturated rings. The summed E-state index contributed by atoms with van der Waals surface area (Å²) >= 11 is 5.52. The van der Waals surface area contributed by atoms with Gasteiger partial charge in [-0.15, -0.1) is 11.6 Å². The molecule has 14 heavy (non-hydrogen) atoms. The van der Waals surface area contributed by atoms with Crippen LogP contribution in [0.2, 0.25) is 0 Å². The highest BCUT2D eigenvalue weighted by molar-refractivity contribution is 6.17. The number of amides is 1. The molecule has 3 nitrogen and oxygen atoms in total. The summed E-state index contributed by atoms with van der Waals surface area (Å²) in [7, 11) is 0. The van der Waals surface area contributed by atoms with E-state index in [2.05, 4.69) is 0 Å². The molecule has 82 valence electrons. The maximum atomic E-state index is 11.6. The molecule has 0 bridgehead atoms. The van der Waals surface area contributed by atoms with Crippen molar-refractivity contribution in [2.75, 3.05) is 19.0 Å². The Morgan fingerprint density at radius 2 is 2.36 bits per heavy atom. The molecule has 0 aromatic carbocycles. The molecule has 0 saturated carbocycles. The van der Waals surface area contributed by atoms with E-state index in [1.807, 2.05) is 6.92 Å². The van der Waals surface area contributed by atoms with E-state index in [9.17, 15) is 9.90 Å². The predicted octanol–water partition coefficient (Wildman–Crippen LogP) is 1.23. The van der Waals surface area contributed by atoms with Crippen molar-refractivity contribution in [3.63, 3.8) is 0 Å². The molecule has 4 heteroatoms. The van der Waals surface area contributed by atoms with Crippen molar-refractivity contribution >= 4 is 17.5 Å². The Kier molecular flexibility index (Phi) is 4.69. The molecule has 2 unspecified atom stereocenters. The zero-order valence-corrected chi connectivity index (χ0v) is 9.33. The van der Waals surface area contributed by atoms with Crippen LogP contribution in [0.3, 0.4) is 0 Å². The van der Waals surface area contributed by atoms with Gasteiger partial charge >= 0.3 is 0 Å². The van der Waals surface area contributed by atoms with Gasteiger partial charge in [-0.2, -0.15) is 0 Å². The highest BCUT2D eigenvalue weighted by atomic mass is 35.5. The standard InChI is InChI=1S/C10H18ClNO2/c1-8-4-6-12(7-9(8)13)10(14)3-2-5-11/h8-9,13H,2-7H2,1H3. The normalized spacial score (nSPS) is 27.8. The lowest BCUT2D eigenvalue weighted by molar-refractivity contribution is -0.135. The van der Waals surface area contributed by atoms with E-state index < -0.39 is 0 Å². The van der Waals surface area contributed by atoms with Gasteiger partial charge in [0.1, 0.15) is 0 Å². The first-order chi connectivity index (χ1) is 6.65. The number of hydrogen-bond acceptors (Lipinski definition) is 2. The smallest absolute Gasteiger partial charge is 0.222 e. The Labute approximate surface area is 90.0 Å². The van der Waals surface area contributed by atoms with Crippen molar-refractivity contribution in [1.82, 2.24) is 4.90 Å². The van der Waals surface area contributed by atoms with Crippen LogP contribution in [-0.2, 0) is 4.79 Å². The summed E-state index contributed by atoms with van der Waals surface area (Å²) in [5.41, 5.74) is 0. The number of carbonyl (C=O) groups is 1. The maximum Gasteiger partial charge on any atom is 0.222 e. The predicted molar refractivity (Wildman–Crippen MR) is 56.3 cm³/mol. The molecule has 1 amide bonds. The van der Waals surface area contributed by atoms with Gasteiger partial charge in [0, 0.05) is 25.4 Å². The third-order valence-electron chi connectivity index (χ3n) is 2.80. The lowest BCUT2D eigenvalue weighted by Crippen LogP contribution is -2.45. The van der Waals surface area contributed by atoms with E-state index in [0.717, 1.165) is 19.4 Å². The molecule has 1 saturated heterocycles. The van der Waals surface area contributed by atoms with E-state index >= 15 is 0 Å². The van der Waals surface area contributed by atoms with Crippen molar-refractivity contribution in [3.8, 4) is 0 Å². The summed E-state index contributed by atoms with van der Waals surface area (Å²) in [6.45, 7) is 3.28. The van der Waals surface area contributed by atoms with Crippen molar-refractivity contribution in [2.24, 2.45) is 5.92 Å². The summed E-state index contributed by atoms with van der Waals surface area (Å²) in [5, 5.41) is 9.60. The molecule has 0 aromatic rings. The zero-order valence-electron chi connectivity index (χ0n) is 8.58. The zero-order chi connectivity index (χ0) is 10.6. The van der Waals surface area contributed by atoms with Crippen LogP contribution in [0.5, 0.6) is 0 Å². The molecule has 0 aliphatic carbocycles. The van der Waals surface area contributed by atoms with Crippen molar-refractivity contribution < 1.29 is 9.90 Å². The number of rotatable bonds is 3. The first-order valence-corrected chi connectivity index (χ1v) is 5.70. The van der Waals surface area contributed by atoms with E-state index in [1.165, 1.54) is 0 Å². The highest BCUT2D eigenvalue weighted by Crippen LogP contribution is 2.17. The van der Waals surface area contributed by atoms with Gasteiger partial charge < -0.3 is 10.0 Å². The van der Waals surface area contributed by atoms with Crippen LogP contribution >= 0.6 is 11.6 Å². The number of alkyl halides is 1. The minimum atomic E-state index is -0.358. The fourth-order valence-electron chi connectivity index (χ4n) is 1.65. The SMILES string of the molecule is CC1CCN(C(=O)CCCCl)CC1O. The number of aliphatic hydroxyl groups excluding tert-OH is 1. The third kappa shape index (κ3) is 3.14. The van der Waals surface area contributed by atoms with Gasteiger partial charge in [-0.25, -0.2) is 0 Å². The van der Waals surface area contributed by atoms with Crippen LogP contribution in [0.25, 0.3) is 0 Å². The fraction of sp³-hybridized carbons (Fsp3) is 0.900. The van der Waals surface area contributed by atoms with E-state index in [1.54, 1.807) is 4.90 Å². The van der Waals surface area contributed by atoms with Gasteiger partial charge in [-0.1, -0.05) is 6.92 Å². The minimum Gasteiger partial charge on any atom is -0.391 e. The van der Waals surface area contributed by atoms with Gasteiger partial charge in [0.25, 0.3) is 0 Å². The van der Waals surface area contributed by atoms with Gasteiger partial charge in [0.2, 0.25) is 5.91 Å². The number of likely N-dealkylation sites (tertiary alicyclic amines) is 1. The molecule has 1 rings (SSSR count). The third-order valence-corrected chi connectivity index (χ3v) is 3.06. The largest absolute Gasteiger partial charge is 0.391 e. The maximum absolute atomic E-state index is 11.6. The quantitative estimate of drug-likeness (QED) is 0.726. The van der Waals surface area contributed by atoms with Crippen molar-refractivity contribution in [1.29, 1.82) is 0 Å². The number of hydrogen-bond donors (Lipinski definition) is 1. The van der Waals surface area contributed by atoms with Crippen molar-refractivity contribution in [2.45, 2.75) is 32.3 Å². The number of nitrogens with zero attached hydrogens (tertiary/aromatic N) is 1. The Balaban J connectivity index is 2.34. The Morgan fingerprint density at radius 1 is 1.64 bits per heavy atom. The molecule has 1 aliphatic heterocycles. The molecule has 0 radical (unpaired) electrons. The van der Waals surface area contributed by atoms with Crippen LogP contribution in [0.15, 0.2) is 0 Å². The van der Waals surface area contributed by atoms with E-state index in [0.29, 0.717) is 24.8 Å². The van der Waals surface area contributed by atoms with E-state index in [-0.39, 0.29) is 12.0 Å². The summed E-state index contributed by atoms with van der Waals surface area (Å²) in [5.74, 6) is 0.960. The average molecular weight is 220 g/mol. The molecule has 1 N–H and O–H groups in total. The average Bonchev–Trinajstić information content (AvgIpc) is 2.18. The Hall–Kier alpha value is -0.280. The van der Waals surface area contributed by atoms with Gasteiger partial charge in [-0.05, 0) is 18.8 Å². The van der Waals surface area contributed by atoms with Crippen LogP contribution < -0.4 is 0 Å². The highest BCUT2D eigenvalue weighted by Gasteiger charge is 2.26. The lowest BCUT2D eigenvalue weighted by Gasteiger charge is -2.34. The topological polar surface area (TPSA) is 40.5 Å². The monoisotopic (exact) mass is 219 g/mol. The van der Waals surface area contributed by atoms with Gasteiger partial charge in [0.05, 0.1) is 6.10 Å². The van der Waals surface area contributed by atoms with Gasteiger partial charge in [-0.3, -0.25) is 4.79 Å². The molecule has 1 heterocycles. The molecule has 0 spiro atoms. The van der Waals surface area contributed by atoms with Crippen molar-refractivity contribution in [3.05, 3.63) is 0 Å². The first-order valence-electron chi connectivity index (χ1n) is 5.17. The number of piperidine rings is 1. The number of aliphatic hydroxyl groups is 1. The number of β-amino-alcohol motifs (C(OH)–C–C–N with tert-alkyl or cyclic N) is 1. The fourth-order valence-corrected chi connectivity index (χ4v) is 1.79. The Morgan fingerprint density at radius 3 is 2.93 bits per heavy atom. The number of carbonyl (C=O) groups excluding carboxylic acids is 1. The van der Waals surface area contributed by atoms with Crippen LogP contribution in [0, 0.1) is 5.92 Å². The second-order valence-electron chi connectivity index (χ2n) is 3.97. The molecule has 1 aliphatic rings. The Bertz CT molecular complexity index is 199. The summed E-state index contributed by atoms with van der Waals surface area (Å²) in [4.78, 5) is 13.3. The van der Waals surface area contributed by atoms with Crippen LogP contribution in [0.4, 0.5) is 0 Å². The minimum absolute atomic E-state index is 0.122. The lowest BCUT2D eigenvalue weighted by atomic mass is 9.96. The summed E-state index contributed by atoms with van der Waals surface area (Å²) < 4.78 is 0. The number of halogens is 1. The molecule has 0 aromatic heterocycles. The molecule has 2 atom stereocenters. The van der Waals surface area contributed by atoms with E-state index in [4.69, 9.17) is 11.6 Å². The van der Waals surface area contributed by atoms with Crippen LogP contribution in [-0.4, -0.2) is 41.0 Å². The summed E-state index contributed by atoms with van der Waals surface area (Å²) in [6.07, 6.45) is 1.77. The first kappa shape index (κ1) is 11.8.